The summed E-state index contributed by atoms with van der Waals surface area (Å²) in [6.45, 7) is 0. The van der Waals surface area contributed by atoms with Crippen molar-refractivity contribution in [3.8, 4) is 11.5 Å². The van der Waals surface area contributed by atoms with Crippen molar-refractivity contribution in [3.05, 3.63) is 70.7 Å². The molecule has 0 spiro atoms. The van der Waals surface area contributed by atoms with Crippen LogP contribution in [0.3, 0.4) is 0 Å². The second-order valence-corrected chi connectivity index (χ2v) is 6.36. The number of hydrogen-bond acceptors (Lipinski definition) is 5. The van der Waals surface area contributed by atoms with Gasteiger partial charge in [0, 0.05) is 16.5 Å². The van der Waals surface area contributed by atoms with Gasteiger partial charge < -0.3 is 15.8 Å². The molecule has 3 N–H and O–H groups in total. The van der Waals surface area contributed by atoms with Gasteiger partial charge in [-0.2, -0.15) is 0 Å². The van der Waals surface area contributed by atoms with Crippen molar-refractivity contribution in [2.24, 2.45) is 5.73 Å². The Kier molecular flexibility index (Phi) is 3.70. The quantitative estimate of drug-likeness (QED) is 0.758. The molecule has 0 atom stereocenters. The molecule has 0 saturated heterocycles. The van der Waals surface area contributed by atoms with Crippen molar-refractivity contribution >= 4 is 28.3 Å². The number of rotatable bonds is 3. The van der Waals surface area contributed by atoms with E-state index in [4.69, 9.17) is 10.5 Å². The van der Waals surface area contributed by atoms with E-state index in [2.05, 4.69) is 10.3 Å². The molecule has 2 aromatic carbocycles. The monoisotopic (exact) mass is 351 g/mol. The van der Waals surface area contributed by atoms with Crippen molar-refractivity contribution in [2.45, 2.75) is 5.92 Å². The maximum absolute atomic E-state index is 13.0. The van der Waals surface area contributed by atoms with E-state index in [9.17, 15) is 9.59 Å². The lowest BCUT2D eigenvalue weighted by molar-refractivity contribution is -0.116. The number of thiazole rings is 1. The molecule has 0 radical (unpaired) electrons. The number of carbonyl (C=O) groups is 2. The molecule has 0 fully saturated rings. The smallest absolute Gasteiger partial charge is 0.268 e. The second kappa shape index (κ2) is 6.03. The molecular formula is C18H13N3O3S. The molecule has 7 heteroatoms. The summed E-state index contributed by atoms with van der Waals surface area (Å²) in [4.78, 5) is 28.2. The zero-order chi connectivity index (χ0) is 17.4. The number of nitrogens with one attached hydrogen (secondary N) is 1. The molecule has 4 rings (SSSR count). The number of anilines is 1. The SMILES string of the molecule is NC(=O)c1csc(NC(=O)C2c3ccccc3Oc3ccccc32)n1. The van der Waals surface area contributed by atoms with Gasteiger partial charge in [-0.25, -0.2) is 4.98 Å². The van der Waals surface area contributed by atoms with Gasteiger partial charge in [0.25, 0.3) is 5.91 Å². The van der Waals surface area contributed by atoms with E-state index < -0.39 is 11.8 Å². The van der Waals surface area contributed by atoms with Gasteiger partial charge in [-0.05, 0) is 12.1 Å². The second-order valence-electron chi connectivity index (χ2n) is 5.50. The zero-order valence-electron chi connectivity index (χ0n) is 12.9. The normalized spacial score (nSPS) is 12.6. The fourth-order valence-corrected chi connectivity index (χ4v) is 3.52. The lowest BCUT2D eigenvalue weighted by Crippen LogP contribution is -2.25. The number of nitrogens with two attached hydrogens (primary N) is 1. The molecule has 0 aliphatic carbocycles. The Balaban J connectivity index is 1.71. The molecule has 0 saturated carbocycles. The first-order valence-electron chi connectivity index (χ1n) is 7.55. The molecule has 1 aliphatic rings. The van der Waals surface area contributed by atoms with E-state index in [0.717, 1.165) is 22.5 Å². The average molecular weight is 351 g/mol. The predicted molar refractivity (Wildman–Crippen MR) is 94.1 cm³/mol. The summed E-state index contributed by atoms with van der Waals surface area (Å²) in [6.07, 6.45) is 0. The van der Waals surface area contributed by atoms with Crippen molar-refractivity contribution in [3.63, 3.8) is 0 Å². The Hall–Kier alpha value is -3.19. The number of aromatic nitrogens is 1. The Morgan fingerprint density at radius 2 is 1.64 bits per heavy atom. The van der Waals surface area contributed by atoms with Crippen molar-refractivity contribution in [1.29, 1.82) is 0 Å². The molecule has 3 aromatic rings. The average Bonchev–Trinajstić information content (AvgIpc) is 3.08. The summed E-state index contributed by atoms with van der Waals surface area (Å²) >= 11 is 1.16. The van der Waals surface area contributed by atoms with E-state index in [1.165, 1.54) is 5.38 Å². The van der Waals surface area contributed by atoms with Gasteiger partial charge in [0.1, 0.15) is 17.2 Å². The highest BCUT2D eigenvalue weighted by Gasteiger charge is 2.32. The molecule has 0 bridgehead atoms. The number of carbonyl (C=O) groups excluding carboxylic acids is 2. The zero-order valence-corrected chi connectivity index (χ0v) is 13.7. The van der Waals surface area contributed by atoms with Crippen LogP contribution in [0, 0.1) is 0 Å². The molecule has 25 heavy (non-hydrogen) atoms. The number of benzene rings is 2. The standard InChI is InChI=1S/C18H13N3O3S/c19-16(22)12-9-25-18(20-12)21-17(23)15-10-5-1-3-7-13(10)24-14-8-4-2-6-11(14)15/h1-9,15H,(H2,19,22)(H,20,21,23). The summed E-state index contributed by atoms with van der Waals surface area (Å²) in [6, 6.07) is 14.9. The topological polar surface area (TPSA) is 94.3 Å². The number of amides is 2. The van der Waals surface area contributed by atoms with E-state index in [-0.39, 0.29) is 11.6 Å². The minimum Gasteiger partial charge on any atom is -0.457 e. The van der Waals surface area contributed by atoms with Gasteiger partial charge in [-0.15, -0.1) is 11.3 Å². The van der Waals surface area contributed by atoms with E-state index >= 15 is 0 Å². The van der Waals surface area contributed by atoms with Crippen LogP contribution in [0.5, 0.6) is 11.5 Å². The van der Waals surface area contributed by atoms with E-state index in [0.29, 0.717) is 16.6 Å². The minimum atomic E-state index is -0.626. The van der Waals surface area contributed by atoms with Crippen LogP contribution < -0.4 is 15.8 Å². The first-order chi connectivity index (χ1) is 12.1. The van der Waals surface area contributed by atoms with Crippen molar-refractivity contribution in [1.82, 2.24) is 4.98 Å². The number of nitrogens with zero attached hydrogens (tertiary/aromatic N) is 1. The number of ether oxygens (including phenoxy) is 1. The predicted octanol–water partition coefficient (Wildman–Crippen LogP) is 3.12. The fourth-order valence-electron chi connectivity index (χ4n) is 2.81. The van der Waals surface area contributed by atoms with Gasteiger partial charge in [0.2, 0.25) is 5.91 Å². The number of primary amides is 1. The van der Waals surface area contributed by atoms with Crippen molar-refractivity contribution < 1.29 is 14.3 Å². The van der Waals surface area contributed by atoms with Crippen LogP contribution in [0.2, 0.25) is 0 Å². The third kappa shape index (κ3) is 2.74. The molecule has 0 unspecified atom stereocenters. The first-order valence-corrected chi connectivity index (χ1v) is 8.43. The van der Waals surface area contributed by atoms with Crippen LogP contribution in [0.1, 0.15) is 27.5 Å². The van der Waals surface area contributed by atoms with Crippen LogP contribution in [-0.4, -0.2) is 16.8 Å². The molecule has 1 aliphatic heterocycles. The number of fused-ring (bicyclic) bond motifs is 2. The Labute approximate surface area is 147 Å². The van der Waals surface area contributed by atoms with Crippen LogP contribution in [0.25, 0.3) is 0 Å². The Morgan fingerprint density at radius 1 is 1.04 bits per heavy atom. The summed E-state index contributed by atoms with van der Waals surface area (Å²) in [5, 5.41) is 4.63. The molecule has 1 aromatic heterocycles. The Morgan fingerprint density at radius 3 is 2.20 bits per heavy atom. The number of hydrogen-bond donors (Lipinski definition) is 2. The number of para-hydroxylation sites is 2. The minimum absolute atomic E-state index is 0.132. The largest absolute Gasteiger partial charge is 0.457 e. The Bertz CT molecular complexity index is 937. The molecule has 6 nitrogen and oxygen atoms in total. The molecule has 2 amide bonds. The summed E-state index contributed by atoms with van der Waals surface area (Å²) < 4.78 is 5.89. The lowest BCUT2D eigenvalue weighted by atomic mass is 9.87. The first kappa shape index (κ1) is 15.3. The molecular weight excluding hydrogens is 338 g/mol. The van der Waals surface area contributed by atoms with Crippen LogP contribution >= 0.6 is 11.3 Å². The van der Waals surface area contributed by atoms with Crippen LogP contribution in [-0.2, 0) is 4.79 Å². The summed E-state index contributed by atoms with van der Waals surface area (Å²) in [7, 11) is 0. The highest BCUT2D eigenvalue weighted by atomic mass is 32.1. The third-order valence-corrected chi connectivity index (χ3v) is 4.69. The van der Waals surface area contributed by atoms with Gasteiger partial charge in [-0.1, -0.05) is 36.4 Å². The molecule has 124 valence electrons. The highest BCUT2D eigenvalue weighted by Crippen LogP contribution is 2.44. The van der Waals surface area contributed by atoms with Gasteiger partial charge in [0.05, 0.1) is 5.92 Å². The fraction of sp³-hybridized carbons (Fsp3) is 0.0556. The van der Waals surface area contributed by atoms with Gasteiger partial charge >= 0.3 is 0 Å². The summed E-state index contributed by atoms with van der Waals surface area (Å²) in [5.41, 5.74) is 6.90. The summed E-state index contributed by atoms with van der Waals surface area (Å²) in [5.74, 6) is -0.0919. The highest BCUT2D eigenvalue weighted by molar-refractivity contribution is 7.14. The third-order valence-electron chi connectivity index (χ3n) is 3.93. The van der Waals surface area contributed by atoms with Crippen LogP contribution in [0.4, 0.5) is 5.13 Å². The van der Waals surface area contributed by atoms with Gasteiger partial charge in [0.15, 0.2) is 5.13 Å². The van der Waals surface area contributed by atoms with E-state index in [1.54, 1.807) is 0 Å². The lowest BCUT2D eigenvalue weighted by Gasteiger charge is -2.27. The van der Waals surface area contributed by atoms with Crippen LogP contribution in [0.15, 0.2) is 53.9 Å². The van der Waals surface area contributed by atoms with E-state index in [1.807, 2.05) is 48.5 Å². The molecule has 2 heterocycles. The maximum Gasteiger partial charge on any atom is 0.268 e. The maximum atomic E-state index is 13.0. The van der Waals surface area contributed by atoms with Crippen molar-refractivity contribution in [2.75, 3.05) is 5.32 Å². The van der Waals surface area contributed by atoms with Gasteiger partial charge in [-0.3, -0.25) is 9.59 Å².